The Morgan fingerprint density at radius 2 is 2.29 bits per heavy atom. The van der Waals surface area contributed by atoms with Crippen LogP contribution in [0.25, 0.3) is 0 Å². The molecule has 0 unspecified atom stereocenters. The van der Waals surface area contributed by atoms with Gasteiger partial charge in [0.05, 0.1) is 30.5 Å². The minimum absolute atomic E-state index is 0.243. The highest BCUT2D eigenvalue weighted by molar-refractivity contribution is 5.58. The molecule has 1 aliphatic heterocycles. The third-order valence-electron chi connectivity index (χ3n) is 2.10. The van der Waals surface area contributed by atoms with Gasteiger partial charge in [0.25, 0.3) is 0 Å². The molecule has 0 radical (unpaired) electrons. The summed E-state index contributed by atoms with van der Waals surface area (Å²) in [5.74, 6) is -0.392. The van der Waals surface area contributed by atoms with E-state index in [0.29, 0.717) is 24.5 Å². The van der Waals surface area contributed by atoms with Gasteiger partial charge in [0.2, 0.25) is 0 Å². The summed E-state index contributed by atoms with van der Waals surface area (Å²) < 4.78 is 17.7. The lowest BCUT2D eigenvalue weighted by molar-refractivity contribution is 0.0211. The minimum Gasteiger partial charge on any atom is -0.377 e. The summed E-state index contributed by atoms with van der Waals surface area (Å²) in [5.41, 5.74) is 0.999. The van der Waals surface area contributed by atoms with Gasteiger partial charge in [-0.3, -0.25) is 0 Å². The molecule has 2 rings (SSSR count). The van der Waals surface area contributed by atoms with E-state index >= 15 is 0 Å². The first-order valence-electron chi connectivity index (χ1n) is 4.33. The fourth-order valence-electron chi connectivity index (χ4n) is 1.27. The molecule has 0 atom stereocenters. The first-order valence-corrected chi connectivity index (χ1v) is 4.33. The Kier molecular flexibility index (Phi) is 2.33. The molecule has 1 fully saturated rings. The van der Waals surface area contributed by atoms with E-state index in [-0.39, 0.29) is 6.04 Å². The molecule has 72 valence electrons. The van der Waals surface area contributed by atoms with Crippen LogP contribution in [0.3, 0.4) is 0 Å². The van der Waals surface area contributed by atoms with Crippen molar-refractivity contribution < 1.29 is 9.13 Å². The Bertz CT molecular complexity index is 382. The molecule has 4 heteroatoms. The van der Waals surface area contributed by atoms with Gasteiger partial charge in [0.15, 0.2) is 0 Å². The fourth-order valence-corrected chi connectivity index (χ4v) is 1.27. The van der Waals surface area contributed by atoms with E-state index in [2.05, 4.69) is 5.32 Å². The van der Waals surface area contributed by atoms with Crippen molar-refractivity contribution in [3.05, 3.63) is 29.6 Å². The van der Waals surface area contributed by atoms with E-state index in [1.54, 1.807) is 6.07 Å². The van der Waals surface area contributed by atoms with Gasteiger partial charge < -0.3 is 10.1 Å². The summed E-state index contributed by atoms with van der Waals surface area (Å²) in [5, 5.41) is 11.9. The molecule has 0 spiro atoms. The van der Waals surface area contributed by atoms with Crippen LogP contribution in [0.5, 0.6) is 0 Å². The van der Waals surface area contributed by atoms with Gasteiger partial charge in [0.1, 0.15) is 11.9 Å². The predicted octanol–water partition coefficient (Wildman–Crippen LogP) is 1.51. The van der Waals surface area contributed by atoms with Gasteiger partial charge in [-0.25, -0.2) is 4.39 Å². The largest absolute Gasteiger partial charge is 0.377 e. The van der Waals surface area contributed by atoms with Crippen molar-refractivity contribution in [3.63, 3.8) is 0 Å². The molecule has 1 aromatic carbocycles. The maximum Gasteiger partial charge on any atom is 0.124 e. The smallest absolute Gasteiger partial charge is 0.124 e. The zero-order valence-electron chi connectivity index (χ0n) is 7.46. The van der Waals surface area contributed by atoms with Crippen LogP contribution in [-0.2, 0) is 4.74 Å². The van der Waals surface area contributed by atoms with Gasteiger partial charge in [-0.05, 0) is 18.2 Å². The molecular weight excluding hydrogens is 183 g/mol. The van der Waals surface area contributed by atoms with Gasteiger partial charge in [0, 0.05) is 0 Å². The van der Waals surface area contributed by atoms with E-state index < -0.39 is 5.82 Å². The monoisotopic (exact) mass is 192 g/mol. The van der Waals surface area contributed by atoms with Crippen LogP contribution < -0.4 is 5.32 Å². The van der Waals surface area contributed by atoms with Gasteiger partial charge in [-0.2, -0.15) is 5.26 Å². The van der Waals surface area contributed by atoms with Crippen LogP contribution in [0.4, 0.5) is 10.1 Å². The second-order valence-corrected chi connectivity index (χ2v) is 3.18. The van der Waals surface area contributed by atoms with E-state index in [1.165, 1.54) is 12.1 Å². The number of nitrogens with one attached hydrogen (secondary N) is 1. The van der Waals surface area contributed by atoms with Crippen LogP contribution >= 0.6 is 0 Å². The van der Waals surface area contributed by atoms with E-state index in [1.807, 2.05) is 6.07 Å². The summed E-state index contributed by atoms with van der Waals surface area (Å²) in [6, 6.07) is 6.33. The molecule has 3 nitrogen and oxygen atoms in total. The van der Waals surface area contributed by atoms with Crippen molar-refractivity contribution in [2.75, 3.05) is 18.5 Å². The van der Waals surface area contributed by atoms with Crippen LogP contribution in [0.15, 0.2) is 18.2 Å². The van der Waals surface area contributed by atoms with Crippen molar-refractivity contribution >= 4 is 5.69 Å². The lowest BCUT2D eigenvalue weighted by Gasteiger charge is -2.28. The average molecular weight is 192 g/mol. The Balaban J connectivity index is 2.19. The van der Waals surface area contributed by atoms with E-state index in [4.69, 9.17) is 10.00 Å². The number of ether oxygens (including phenoxy) is 1. The molecule has 14 heavy (non-hydrogen) atoms. The normalized spacial score (nSPS) is 15.7. The molecule has 1 aliphatic rings. The van der Waals surface area contributed by atoms with Crippen molar-refractivity contribution in [2.24, 2.45) is 0 Å². The van der Waals surface area contributed by atoms with Gasteiger partial charge >= 0.3 is 0 Å². The number of anilines is 1. The number of hydrogen-bond donors (Lipinski definition) is 1. The van der Waals surface area contributed by atoms with Gasteiger partial charge in [-0.15, -0.1) is 0 Å². The Labute approximate surface area is 81.1 Å². The zero-order chi connectivity index (χ0) is 9.97. The number of nitriles is 1. The maximum absolute atomic E-state index is 12.8. The van der Waals surface area contributed by atoms with Crippen molar-refractivity contribution in [2.45, 2.75) is 6.04 Å². The summed E-state index contributed by atoms with van der Waals surface area (Å²) in [6.45, 7) is 1.28. The molecule has 1 N–H and O–H groups in total. The number of rotatable bonds is 2. The lowest BCUT2D eigenvalue weighted by Crippen LogP contribution is -2.40. The molecule has 0 aromatic heterocycles. The number of benzene rings is 1. The van der Waals surface area contributed by atoms with Crippen LogP contribution in [0, 0.1) is 17.1 Å². The SMILES string of the molecule is N#Cc1cc(F)ccc1NC1COC1. The van der Waals surface area contributed by atoms with Crippen LogP contribution in [0.1, 0.15) is 5.56 Å². The fraction of sp³-hybridized carbons (Fsp3) is 0.300. The molecular formula is C10H9FN2O. The molecule has 0 saturated carbocycles. The highest BCUT2D eigenvalue weighted by Crippen LogP contribution is 2.18. The standard InChI is InChI=1S/C10H9FN2O/c11-8-1-2-10(7(3-8)4-12)13-9-5-14-6-9/h1-3,9,13H,5-6H2. The highest BCUT2D eigenvalue weighted by Gasteiger charge is 2.18. The number of halogens is 1. The maximum atomic E-state index is 12.8. The second kappa shape index (κ2) is 3.64. The highest BCUT2D eigenvalue weighted by atomic mass is 19.1. The van der Waals surface area contributed by atoms with Crippen molar-refractivity contribution in [1.82, 2.24) is 0 Å². The van der Waals surface area contributed by atoms with Crippen molar-refractivity contribution in [3.8, 4) is 6.07 Å². The quantitative estimate of drug-likeness (QED) is 0.772. The first-order chi connectivity index (χ1) is 6.79. The summed E-state index contributed by atoms with van der Waals surface area (Å²) >= 11 is 0. The van der Waals surface area contributed by atoms with Crippen LogP contribution in [-0.4, -0.2) is 19.3 Å². The zero-order valence-corrected chi connectivity index (χ0v) is 7.46. The third-order valence-corrected chi connectivity index (χ3v) is 2.10. The molecule has 1 saturated heterocycles. The summed E-state index contributed by atoms with van der Waals surface area (Å²) in [7, 11) is 0. The van der Waals surface area contributed by atoms with E-state index in [9.17, 15) is 4.39 Å². The second-order valence-electron chi connectivity index (χ2n) is 3.18. The number of hydrogen-bond acceptors (Lipinski definition) is 3. The Morgan fingerprint density at radius 1 is 1.50 bits per heavy atom. The third kappa shape index (κ3) is 1.68. The average Bonchev–Trinajstić information content (AvgIpc) is 2.13. The summed E-state index contributed by atoms with van der Waals surface area (Å²) in [6.07, 6.45) is 0. The predicted molar refractivity (Wildman–Crippen MR) is 49.3 cm³/mol. The molecule has 0 bridgehead atoms. The lowest BCUT2D eigenvalue weighted by atomic mass is 10.1. The van der Waals surface area contributed by atoms with Crippen molar-refractivity contribution in [1.29, 1.82) is 5.26 Å². The van der Waals surface area contributed by atoms with E-state index in [0.717, 1.165) is 0 Å². The molecule has 1 aromatic rings. The van der Waals surface area contributed by atoms with Gasteiger partial charge in [-0.1, -0.05) is 0 Å². The molecule has 0 aliphatic carbocycles. The topological polar surface area (TPSA) is 45.0 Å². The first kappa shape index (κ1) is 8.97. The summed E-state index contributed by atoms with van der Waals surface area (Å²) in [4.78, 5) is 0. The molecule has 1 heterocycles. The van der Waals surface area contributed by atoms with Crippen LogP contribution in [0.2, 0.25) is 0 Å². The molecule has 0 amide bonds. The Morgan fingerprint density at radius 3 is 2.86 bits per heavy atom. The minimum atomic E-state index is -0.392. The number of nitrogens with zero attached hydrogens (tertiary/aromatic N) is 1. The Hall–Kier alpha value is -1.60.